The van der Waals surface area contributed by atoms with E-state index in [0.717, 1.165) is 24.6 Å². The molecule has 7 heteroatoms. The Morgan fingerprint density at radius 2 is 2.14 bits per heavy atom. The number of alkyl halides is 1. The largest absolute Gasteiger partial charge is 0.346 e. The van der Waals surface area contributed by atoms with E-state index in [0.29, 0.717) is 11.7 Å². The van der Waals surface area contributed by atoms with Crippen LogP contribution in [0.25, 0.3) is 0 Å². The molecule has 1 aliphatic carbocycles. The fourth-order valence-electron chi connectivity index (χ4n) is 1.55. The van der Waals surface area contributed by atoms with Gasteiger partial charge in [-0.15, -0.1) is 0 Å². The van der Waals surface area contributed by atoms with Gasteiger partial charge in [0.15, 0.2) is 4.83 Å². The number of hydrogen-bond acceptors (Lipinski definition) is 4. The molecule has 14 heavy (non-hydrogen) atoms. The third-order valence-corrected chi connectivity index (χ3v) is 5.51. The molecular formula is C7H11ClN2O2S2. The molecule has 2 rings (SSSR count). The molecule has 0 saturated heterocycles. The van der Waals surface area contributed by atoms with Crippen LogP contribution in [-0.4, -0.2) is 24.2 Å². The number of thioether (sulfide) groups is 1. The van der Waals surface area contributed by atoms with E-state index in [2.05, 4.69) is 0 Å². The molecule has 0 bridgehead atoms. The minimum Gasteiger partial charge on any atom is -0.346 e. The first-order valence-electron chi connectivity index (χ1n) is 4.24. The number of halogens is 1. The zero-order valence-corrected chi connectivity index (χ0v) is 9.99. The van der Waals surface area contributed by atoms with Gasteiger partial charge in [0, 0.05) is 11.7 Å². The first kappa shape index (κ1) is 10.6. The Bertz CT molecular complexity index is 388. The second kappa shape index (κ2) is 3.30. The minimum atomic E-state index is -3.61. The van der Waals surface area contributed by atoms with Gasteiger partial charge in [-0.1, -0.05) is 23.4 Å². The summed E-state index contributed by atoms with van der Waals surface area (Å²) in [6, 6.07) is 0.407. The summed E-state index contributed by atoms with van der Waals surface area (Å²) in [6.45, 7) is 1.76. The van der Waals surface area contributed by atoms with Crippen molar-refractivity contribution in [1.82, 2.24) is 4.90 Å². The molecule has 1 heterocycles. The molecule has 80 valence electrons. The molecule has 1 unspecified atom stereocenters. The highest BCUT2D eigenvalue weighted by atomic mass is 35.5. The van der Waals surface area contributed by atoms with Crippen molar-refractivity contribution < 1.29 is 8.42 Å². The molecule has 1 atom stereocenters. The van der Waals surface area contributed by atoms with Crippen LogP contribution in [0.1, 0.15) is 19.8 Å². The first-order chi connectivity index (χ1) is 6.41. The van der Waals surface area contributed by atoms with E-state index in [4.69, 9.17) is 16.7 Å². The topological polar surface area (TPSA) is 63.4 Å². The molecule has 1 aliphatic heterocycles. The lowest BCUT2D eigenvalue weighted by molar-refractivity contribution is 0.376. The van der Waals surface area contributed by atoms with Gasteiger partial charge >= 0.3 is 0 Å². The molecule has 4 nitrogen and oxygen atoms in total. The summed E-state index contributed by atoms with van der Waals surface area (Å²) in [4.78, 5) is 1.61. The summed E-state index contributed by atoms with van der Waals surface area (Å²) in [5, 5.41) is 5.08. The maximum absolute atomic E-state index is 11.2. The third kappa shape index (κ3) is 1.76. The van der Waals surface area contributed by atoms with Gasteiger partial charge in [-0.25, -0.2) is 13.6 Å². The number of sulfonamides is 1. The van der Waals surface area contributed by atoms with Gasteiger partial charge in [0.2, 0.25) is 10.0 Å². The van der Waals surface area contributed by atoms with Gasteiger partial charge < -0.3 is 4.90 Å². The molecule has 1 fully saturated rings. The highest BCUT2D eigenvalue weighted by Gasteiger charge is 2.41. The van der Waals surface area contributed by atoms with Gasteiger partial charge in [0.1, 0.15) is 4.24 Å². The highest BCUT2D eigenvalue weighted by molar-refractivity contribution is 8.19. The Hall–Kier alpha value is 0.0900. The number of nitrogens with two attached hydrogens (primary N) is 1. The van der Waals surface area contributed by atoms with Crippen molar-refractivity contribution in [1.29, 1.82) is 0 Å². The molecule has 0 aromatic rings. The summed E-state index contributed by atoms with van der Waals surface area (Å²) in [7, 11) is -3.61. The van der Waals surface area contributed by atoms with Crippen molar-refractivity contribution in [2.45, 2.75) is 30.6 Å². The van der Waals surface area contributed by atoms with Crippen LogP contribution < -0.4 is 5.14 Å². The summed E-state index contributed by atoms with van der Waals surface area (Å²) < 4.78 is 22.6. The first-order valence-corrected chi connectivity index (χ1v) is 7.10. The van der Waals surface area contributed by atoms with Crippen molar-refractivity contribution in [3.05, 3.63) is 9.93 Å². The van der Waals surface area contributed by atoms with Crippen LogP contribution in [0.5, 0.6) is 0 Å². The Morgan fingerprint density at radius 1 is 1.57 bits per heavy atom. The maximum Gasteiger partial charge on any atom is 0.245 e. The predicted molar refractivity (Wildman–Crippen MR) is 57.9 cm³/mol. The smallest absolute Gasteiger partial charge is 0.245 e. The fraction of sp³-hybridized carbons (Fsp3) is 0.714. The lowest BCUT2D eigenvalue weighted by Gasteiger charge is -2.22. The second-order valence-corrected chi connectivity index (χ2v) is 6.99. The predicted octanol–water partition coefficient (Wildman–Crippen LogP) is 1.20. The van der Waals surface area contributed by atoms with Crippen molar-refractivity contribution in [3.8, 4) is 0 Å². The molecule has 2 N–H and O–H groups in total. The second-order valence-electron chi connectivity index (χ2n) is 3.47. The number of rotatable bonds is 2. The van der Waals surface area contributed by atoms with Crippen LogP contribution in [0.3, 0.4) is 0 Å². The highest BCUT2D eigenvalue weighted by Crippen LogP contribution is 2.47. The standard InChI is InChI=1S/C7H11ClN2O2S2/c1-4-6(14(9,11)12)13-7(8)10(4)5-2-3-5/h5,7H,2-3H2,1H3,(H2,9,11,12). The minimum absolute atomic E-state index is 0.212. The number of allylic oxidation sites excluding steroid dienone is 1. The van der Waals surface area contributed by atoms with Crippen LogP contribution in [0, 0.1) is 0 Å². The molecule has 0 amide bonds. The average molecular weight is 255 g/mol. The lowest BCUT2D eigenvalue weighted by atomic mass is 10.4. The summed E-state index contributed by atoms with van der Waals surface area (Å²) in [5.41, 5.74) is 0.694. The molecule has 0 aromatic carbocycles. The van der Waals surface area contributed by atoms with Gasteiger partial charge in [-0.3, -0.25) is 0 Å². The maximum atomic E-state index is 11.2. The van der Waals surface area contributed by atoms with Crippen LogP contribution in [0.2, 0.25) is 0 Å². The number of hydrogen-bond donors (Lipinski definition) is 1. The molecule has 2 aliphatic rings. The summed E-state index contributed by atoms with van der Waals surface area (Å²) >= 11 is 7.15. The Morgan fingerprint density at radius 3 is 2.50 bits per heavy atom. The zero-order chi connectivity index (χ0) is 10.5. The fourth-order valence-corrected chi connectivity index (χ4v) is 4.51. The van der Waals surface area contributed by atoms with E-state index in [1.54, 1.807) is 6.92 Å². The van der Waals surface area contributed by atoms with Gasteiger partial charge in [0.25, 0.3) is 0 Å². The van der Waals surface area contributed by atoms with Crippen LogP contribution in [-0.2, 0) is 10.0 Å². The Balaban J connectivity index is 2.34. The third-order valence-electron chi connectivity index (χ3n) is 2.30. The Kier molecular flexibility index (Phi) is 2.50. The molecule has 0 spiro atoms. The lowest BCUT2D eigenvalue weighted by Crippen LogP contribution is -2.25. The van der Waals surface area contributed by atoms with E-state index in [-0.39, 0.29) is 9.07 Å². The van der Waals surface area contributed by atoms with Crippen molar-refractivity contribution in [3.63, 3.8) is 0 Å². The summed E-state index contributed by atoms with van der Waals surface area (Å²) in [6.07, 6.45) is 2.16. The zero-order valence-electron chi connectivity index (χ0n) is 7.60. The molecule has 1 saturated carbocycles. The molecule has 0 aromatic heterocycles. The number of primary sulfonamides is 1. The quantitative estimate of drug-likeness (QED) is 0.594. The normalized spacial score (nSPS) is 28.8. The average Bonchev–Trinajstić information content (AvgIpc) is 2.78. The van der Waals surface area contributed by atoms with Crippen molar-refractivity contribution in [2.24, 2.45) is 5.14 Å². The van der Waals surface area contributed by atoms with Gasteiger partial charge in [-0.05, 0) is 19.8 Å². The molecular weight excluding hydrogens is 244 g/mol. The monoisotopic (exact) mass is 254 g/mol. The Labute approximate surface area is 92.5 Å². The van der Waals surface area contributed by atoms with E-state index in [1.165, 1.54) is 0 Å². The van der Waals surface area contributed by atoms with E-state index in [9.17, 15) is 8.42 Å². The van der Waals surface area contributed by atoms with Gasteiger partial charge in [-0.2, -0.15) is 0 Å². The summed E-state index contributed by atoms with van der Waals surface area (Å²) in [5.74, 6) is 0. The van der Waals surface area contributed by atoms with Crippen LogP contribution in [0.4, 0.5) is 0 Å². The van der Waals surface area contributed by atoms with E-state index in [1.807, 2.05) is 4.90 Å². The van der Waals surface area contributed by atoms with E-state index < -0.39 is 10.0 Å². The van der Waals surface area contributed by atoms with Crippen LogP contribution >= 0.6 is 23.4 Å². The van der Waals surface area contributed by atoms with Crippen molar-refractivity contribution >= 4 is 33.4 Å². The SMILES string of the molecule is CC1=C(S(N)(=O)=O)SC(Cl)N1C1CC1. The van der Waals surface area contributed by atoms with Crippen molar-refractivity contribution in [2.75, 3.05) is 0 Å². The van der Waals surface area contributed by atoms with E-state index >= 15 is 0 Å². The van der Waals surface area contributed by atoms with Crippen LogP contribution in [0.15, 0.2) is 9.93 Å². The van der Waals surface area contributed by atoms with Gasteiger partial charge in [0.05, 0.1) is 0 Å². The molecule has 0 radical (unpaired) electrons. The number of nitrogens with zero attached hydrogens (tertiary/aromatic N) is 1.